The standard InChI is InChI=1S/C21H19N3O2/c25-20(23-16-9-3-1-4-10-16)15-22-19-14-8-7-13-18(19)21(26)24-17-11-5-2-6-12-17/h1-14,22H,15H2,(H,23,25)(H,24,26). The van der Waals surface area contributed by atoms with Gasteiger partial charge in [0.1, 0.15) is 0 Å². The van der Waals surface area contributed by atoms with Crippen LogP contribution in [0.2, 0.25) is 0 Å². The average molecular weight is 345 g/mol. The molecule has 0 aromatic heterocycles. The smallest absolute Gasteiger partial charge is 0.257 e. The molecule has 3 aromatic rings. The van der Waals surface area contributed by atoms with E-state index in [9.17, 15) is 9.59 Å². The van der Waals surface area contributed by atoms with Crippen molar-refractivity contribution in [2.45, 2.75) is 0 Å². The van der Waals surface area contributed by atoms with Gasteiger partial charge in [0.25, 0.3) is 5.91 Å². The number of amides is 2. The minimum absolute atomic E-state index is 0.0600. The van der Waals surface area contributed by atoms with Crippen LogP contribution in [0.4, 0.5) is 17.1 Å². The van der Waals surface area contributed by atoms with Crippen molar-refractivity contribution >= 4 is 28.9 Å². The quantitative estimate of drug-likeness (QED) is 0.633. The van der Waals surface area contributed by atoms with Gasteiger partial charge >= 0.3 is 0 Å². The Kier molecular flexibility index (Phi) is 5.62. The fourth-order valence-electron chi connectivity index (χ4n) is 2.46. The molecule has 3 aromatic carbocycles. The van der Waals surface area contributed by atoms with Crippen LogP contribution in [-0.4, -0.2) is 18.4 Å². The highest BCUT2D eigenvalue weighted by molar-refractivity contribution is 6.08. The highest BCUT2D eigenvalue weighted by Gasteiger charge is 2.12. The first-order valence-corrected chi connectivity index (χ1v) is 8.26. The Hall–Kier alpha value is -3.60. The normalized spacial score (nSPS) is 10.0. The maximum absolute atomic E-state index is 12.5. The zero-order chi connectivity index (χ0) is 18.2. The van der Waals surface area contributed by atoms with Gasteiger partial charge in [-0.3, -0.25) is 9.59 Å². The summed E-state index contributed by atoms with van der Waals surface area (Å²) in [6.45, 7) is 0.0600. The van der Waals surface area contributed by atoms with Crippen LogP contribution >= 0.6 is 0 Å². The Bertz CT molecular complexity index is 880. The molecule has 0 bridgehead atoms. The monoisotopic (exact) mass is 345 g/mol. The number of anilines is 3. The summed E-state index contributed by atoms with van der Waals surface area (Å²) >= 11 is 0. The van der Waals surface area contributed by atoms with Crippen molar-refractivity contribution in [3.8, 4) is 0 Å². The Morgan fingerprint density at radius 1 is 0.654 bits per heavy atom. The summed E-state index contributed by atoms with van der Waals surface area (Å²) in [5, 5.41) is 8.67. The lowest BCUT2D eigenvalue weighted by molar-refractivity contribution is -0.114. The predicted molar refractivity (Wildman–Crippen MR) is 104 cm³/mol. The summed E-state index contributed by atoms with van der Waals surface area (Å²) in [6, 6.07) is 25.6. The third kappa shape index (κ3) is 4.70. The van der Waals surface area contributed by atoms with E-state index in [1.807, 2.05) is 66.7 Å². The molecule has 0 spiro atoms. The topological polar surface area (TPSA) is 70.2 Å². The largest absolute Gasteiger partial charge is 0.376 e. The molecule has 0 heterocycles. The van der Waals surface area contributed by atoms with Gasteiger partial charge in [0.05, 0.1) is 12.1 Å². The number of para-hydroxylation sites is 3. The van der Waals surface area contributed by atoms with Crippen LogP contribution in [0.1, 0.15) is 10.4 Å². The highest BCUT2D eigenvalue weighted by Crippen LogP contribution is 2.17. The first-order valence-electron chi connectivity index (χ1n) is 8.26. The molecule has 0 aliphatic carbocycles. The molecule has 0 unspecified atom stereocenters. The van der Waals surface area contributed by atoms with Gasteiger partial charge in [-0.25, -0.2) is 0 Å². The fourth-order valence-corrected chi connectivity index (χ4v) is 2.46. The number of hydrogen-bond acceptors (Lipinski definition) is 3. The number of carbonyl (C=O) groups is 2. The second-order valence-electron chi connectivity index (χ2n) is 5.63. The lowest BCUT2D eigenvalue weighted by atomic mass is 10.1. The molecule has 0 radical (unpaired) electrons. The van der Waals surface area contributed by atoms with Crippen molar-refractivity contribution in [2.24, 2.45) is 0 Å². The van der Waals surface area contributed by atoms with E-state index in [-0.39, 0.29) is 18.4 Å². The molecule has 0 saturated heterocycles. The Morgan fingerprint density at radius 2 is 1.19 bits per heavy atom. The van der Waals surface area contributed by atoms with E-state index in [0.29, 0.717) is 16.9 Å². The van der Waals surface area contributed by atoms with E-state index >= 15 is 0 Å². The Labute approximate surface area is 152 Å². The van der Waals surface area contributed by atoms with Gasteiger partial charge in [-0.15, -0.1) is 0 Å². The van der Waals surface area contributed by atoms with Crippen LogP contribution in [-0.2, 0) is 4.79 Å². The third-order valence-electron chi connectivity index (χ3n) is 3.70. The van der Waals surface area contributed by atoms with Gasteiger partial charge in [-0.05, 0) is 36.4 Å². The second kappa shape index (κ2) is 8.48. The van der Waals surface area contributed by atoms with E-state index in [1.54, 1.807) is 18.2 Å². The number of nitrogens with one attached hydrogen (secondary N) is 3. The van der Waals surface area contributed by atoms with E-state index in [2.05, 4.69) is 16.0 Å². The first-order chi connectivity index (χ1) is 12.7. The van der Waals surface area contributed by atoms with Crippen LogP contribution in [0.5, 0.6) is 0 Å². The molecule has 0 aliphatic rings. The van der Waals surface area contributed by atoms with Gasteiger partial charge < -0.3 is 16.0 Å². The van der Waals surface area contributed by atoms with E-state index in [0.717, 1.165) is 5.69 Å². The SMILES string of the molecule is O=C(CNc1ccccc1C(=O)Nc1ccccc1)Nc1ccccc1. The molecule has 26 heavy (non-hydrogen) atoms. The third-order valence-corrected chi connectivity index (χ3v) is 3.70. The van der Waals surface area contributed by atoms with Gasteiger partial charge in [0.15, 0.2) is 0 Å². The molecular formula is C21H19N3O2. The zero-order valence-electron chi connectivity index (χ0n) is 14.1. The molecule has 5 nitrogen and oxygen atoms in total. The average Bonchev–Trinajstić information content (AvgIpc) is 2.68. The van der Waals surface area contributed by atoms with Crippen molar-refractivity contribution in [1.82, 2.24) is 0 Å². The summed E-state index contributed by atoms with van der Waals surface area (Å²) in [5.41, 5.74) is 2.52. The van der Waals surface area contributed by atoms with Crippen molar-refractivity contribution in [1.29, 1.82) is 0 Å². The molecule has 130 valence electrons. The maximum Gasteiger partial charge on any atom is 0.257 e. The van der Waals surface area contributed by atoms with Gasteiger partial charge in [0.2, 0.25) is 5.91 Å². The lowest BCUT2D eigenvalue weighted by Crippen LogP contribution is -2.23. The molecule has 0 atom stereocenters. The van der Waals surface area contributed by atoms with E-state index < -0.39 is 0 Å². The molecule has 3 rings (SSSR count). The molecule has 0 saturated carbocycles. The highest BCUT2D eigenvalue weighted by atomic mass is 16.2. The van der Waals surface area contributed by atoms with Crippen molar-refractivity contribution < 1.29 is 9.59 Å². The zero-order valence-corrected chi connectivity index (χ0v) is 14.1. The number of benzene rings is 3. The van der Waals surface area contributed by atoms with Crippen LogP contribution in [0.3, 0.4) is 0 Å². The predicted octanol–water partition coefficient (Wildman–Crippen LogP) is 3.99. The number of carbonyl (C=O) groups excluding carboxylic acids is 2. The molecular weight excluding hydrogens is 326 g/mol. The molecule has 2 amide bonds. The van der Waals surface area contributed by atoms with Crippen LogP contribution in [0, 0.1) is 0 Å². The van der Waals surface area contributed by atoms with E-state index in [4.69, 9.17) is 0 Å². The van der Waals surface area contributed by atoms with Crippen LogP contribution in [0.25, 0.3) is 0 Å². The summed E-state index contributed by atoms with van der Waals surface area (Å²) in [6.07, 6.45) is 0. The first kappa shape index (κ1) is 17.2. The maximum atomic E-state index is 12.5. The van der Waals surface area contributed by atoms with Gasteiger partial charge in [-0.2, -0.15) is 0 Å². The van der Waals surface area contributed by atoms with Crippen molar-refractivity contribution in [2.75, 3.05) is 22.5 Å². The van der Waals surface area contributed by atoms with E-state index in [1.165, 1.54) is 0 Å². The van der Waals surface area contributed by atoms with Gasteiger partial charge in [0, 0.05) is 17.1 Å². The summed E-state index contributed by atoms with van der Waals surface area (Å²) < 4.78 is 0. The van der Waals surface area contributed by atoms with Crippen LogP contribution < -0.4 is 16.0 Å². The number of rotatable bonds is 6. The van der Waals surface area contributed by atoms with Crippen molar-refractivity contribution in [3.63, 3.8) is 0 Å². The fraction of sp³-hybridized carbons (Fsp3) is 0.0476. The molecule has 5 heteroatoms. The summed E-state index contributed by atoms with van der Waals surface area (Å²) in [4.78, 5) is 24.6. The minimum Gasteiger partial charge on any atom is -0.376 e. The summed E-state index contributed by atoms with van der Waals surface area (Å²) in [7, 11) is 0. The summed E-state index contributed by atoms with van der Waals surface area (Å²) in [5.74, 6) is -0.419. The Balaban J connectivity index is 1.63. The van der Waals surface area contributed by atoms with Gasteiger partial charge in [-0.1, -0.05) is 48.5 Å². The molecule has 3 N–H and O–H groups in total. The minimum atomic E-state index is -0.234. The van der Waals surface area contributed by atoms with Crippen LogP contribution in [0.15, 0.2) is 84.9 Å². The number of hydrogen-bond donors (Lipinski definition) is 3. The van der Waals surface area contributed by atoms with Crippen molar-refractivity contribution in [3.05, 3.63) is 90.5 Å². The Morgan fingerprint density at radius 3 is 1.85 bits per heavy atom. The molecule has 0 fully saturated rings. The molecule has 0 aliphatic heterocycles. The lowest BCUT2D eigenvalue weighted by Gasteiger charge is -2.12. The second-order valence-corrected chi connectivity index (χ2v) is 5.63.